The van der Waals surface area contributed by atoms with Crippen molar-refractivity contribution in [2.75, 3.05) is 0 Å². The van der Waals surface area contributed by atoms with Gasteiger partial charge in [0.25, 0.3) is 5.91 Å². The lowest BCUT2D eigenvalue weighted by Crippen LogP contribution is -2.55. The third kappa shape index (κ3) is 5.65. The number of aliphatic hydroxyl groups is 1. The Morgan fingerprint density at radius 3 is 2.25 bits per heavy atom. The van der Waals surface area contributed by atoms with Crippen LogP contribution in [0.15, 0.2) is 47.7 Å². The molecule has 0 spiro atoms. The molecule has 3 N–H and O–H groups in total. The van der Waals surface area contributed by atoms with Gasteiger partial charge in [-0.2, -0.15) is 0 Å². The van der Waals surface area contributed by atoms with E-state index >= 15 is 0 Å². The average Bonchev–Trinajstić information content (AvgIpc) is 3.49. The summed E-state index contributed by atoms with van der Waals surface area (Å²) < 4.78 is 31.5. The Morgan fingerprint density at radius 2 is 1.54 bits per heavy atom. The van der Waals surface area contributed by atoms with Gasteiger partial charge in [-0.1, -0.05) is 52.0 Å². The zero-order valence-electron chi connectivity index (χ0n) is 28.8. The number of ether oxygens (including phenoxy) is 5. The number of benzene rings is 1. The number of phenolic OH excluding ortho intramolecular Hbond substituents is 1. The zero-order chi connectivity index (χ0) is 35.0. The number of hydrogen-bond acceptors (Lipinski definition) is 10. The van der Waals surface area contributed by atoms with E-state index in [-0.39, 0.29) is 64.0 Å². The van der Waals surface area contributed by atoms with Crippen LogP contribution in [-0.4, -0.2) is 63.9 Å². The fraction of sp³-hybridized carbons (Fsp3) is 0.541. The van der Waals surface area contributed by atoms with Crippen LogP contribution in [0.5, 0.6) is 11.5 Å². The fourth-order valence-electron chi connectivity index (χ4n) is 7.58. The first-order valence-electron chi connectivity index (χ1n) is 16.5. The Bertz CT molecular complexity index is 1690. The van der Waals surface area contributed by atoms with E-state index in [1.54, 1.807) is 39.0 Å². The van der Waals surface area contributed by atoms with Gasteiger partial charge in [-0.3, -0.25) is 14.4 Å². The normalized spacial score (nSPS) is 40.1. The Balaban J connectivity index is 1.42. The van der Waals surface area contributed by atoms with Gasteiger partial charge < -0.3 is 39.2 Å². The molecule has 1 amide bonds. The number of aromatic hydroxyl groups is 1. The molecule has 5 aliphatic heterocycles. The summed E-state index contributed by atoms with van der Waals surface area (Å²) in [5.74, 6) is -5.10. The van der Waals surface area contributed by atoms with Gasteiger partial charge in [0.15, 0.2) is 24.0 Å². The van der Waals surface area contributed by atoms with E-state index in [2.05, 4.69) is 12.2 Å². The second kappa shape index (κ2) is 12.1. The molecule has 0 aromatic heterocycles. The Kier molecular flexibility index (Phi) is 8.61. The van der Waals surface area contributed by atoms with Crippen LogP contribution < -0.4 is 10.1 Å². The van der Waals surface area contributed by atoms with E-state index in [1.807, 2.05) is 46.8 Å². The summed E-state index contributed by atoms with van der Waals surface area (Å²) in [5.41, 5.74) is 0.311. The molecule has 2 saturated heterocycles. The van der Waals surface area contributed by atoms with E-state index in [0.29, 0.717) is 11.1 Å². The minimum absolute atomic E-state index is 0.0522. The van der Waals surface area contributed by atoms with Crippen molar-refractivity contribution in [1.82, 2.24) is 5.32 Å². The molecule has 11 heteroatoms. The summed E-state index contributed by atoms with van der Waals surface area (Å²) in [6.45, 7) is 16.5. The molecular weight excluding hydrogens is 618 g/mol. The number of rotatable bonds is 0. The summed E-state index contributed by atoms with van der Waals surface area (Å²) >= 11 is 0. The molecule has 48 heavy (non-hydrogen) atoms. The summed E-state index contributed by atoms with van der Waals surface area (Å²) in [4.78, 5) is 40.6. The van der Waals surface area contributed by atoms with Crippen LogP contribution in [0.2, 0.25) is 0 Å². The number of hydrogen-bond donors (Lipinski definition) is 3. The average molecular weight is 664 g/mol. The number of carbonyl (C=O) groups is 3. The maximum Gasteiger partial charge on any atom is 0.251 e. The molecule has 11 nitrogen and oxygen atoms in total. The van der Waals surface area contributed by atoms with Crippen molar-refractivity contribution < 1.29 is 48.3 Å². The van der Waals surface area contributed by atoms with Crippen molar-refractivity contribution in [2.45, 2.75) is 105 Å². The first-order chi connectivity index (χ1) is 22.4. The van der Waals surface area contributed by atoms with Gasteiger partial charge >= 0.3 is 0 Å². The van der Waals surface area contributed by atoms with Gasteiger partial charge in [-0.15, -0.1) is 0 Å². The Morgan fingerprint density at radius 1 is 0.854 bits per heavy atom. The lowest BCUT2D eigenvalue weighted by atomic mass is 9.78. The Hall–Kier alpha value is -3.61. The van der Waals surface area contributed by atoms with Gasteiger partial charge in [0.05, 0.1) is 29.6 Å². The van der Waals surface area contributed by atoms with Crippen LogP contribution in [0, 0.1) is 30.6 Å². The third-order valence-electron chi connectivity index (χ3n) is 10.3. The van der Waals surface area contributed by atoms with Crippen molar-refractivity contribution in [1.29, 1.82) is 0 Å². The summed E-state index contributed by atoms with van der Waals surface area (Å²) in [6.07, 6.45) is 6.76. The van der Waals surface area contributed by atoms with Gasteiger partial charge in [0, 0.05) is 58.9 Å². The maximum atomic E-state index is 13.8. The fourth-order valence-corrected chi connectivity index (χ4v) is 7.58. The Labute approximate surface area is 280 Å². The van der Waals surface area contributed by atoms with Crippen LogP contribution in [-0.2, 0) is 23.7 Å². The summed E-state index contributed by atoms with van der Waals surface area (Å²) in [7, 11) is 0. The third-order valence-corrected chi connectivity index (χ3v) is 10.3. The highest BCUT2D eigenvalue weighted by molar-refractivity contribution is 6.27. The number of nitrogens with one attached hydrogen (secondary N) is 1. The van der Waals surface area contributed by atoms with Gasteiger partial charge in [0.1, 0.15) is 11.5 Å². The number of ketones is 2. The second-order valence-corrected chi connectivity index (χ2v) is 14.4. The number of fused-ring (bicyclic) bond motifs is 8. The molecule has 6 aliphatic rings. The zero-order valence-corrected chi connectivity index (χ0v) is 28.8. The molecule has 8 unspecified atom stereocenters. The van der Waals surface area contributed by atoms with E-state index in [4.69, 9.17) is 23.7 Å². The molecule has 0 saturated carbocycles. The lowest BCUT2D eigenvalue weighted by Gasteiger charge is -2.49. The molecule has 2 fully saturated rings. The molecule has 10 atom stereocenters. The quantitative estimate of drug-likeness (QED) is 0.320. The first kappa shape index (κ1) is 34.3. The largest absolute Gasteiger partial charge is 0.507 e. The molecule has 258 valence electrons. The van der Waals surface area contributed by atoms with Crippen LogP contribution in [0.1, 0.15) is 93.3 Å². The van der Waals surface area contributed by atoms with E-state index < -0.39 is 53.3 Å². The van der Waals surface area contributed by atoms with Crippen LogP contribution >= 0.6 is 0 Å². The molecule has 1 aliphatic carbocycles. The molecule has 1 aromatic carbocycles. The molecule has 1 aromatic rings. The van der Waals surface area contributed by atoms with Gasteiger partial charge in [-0.05, 0) is 33.8 Å². The van der Waals surface area contributed by atoms with Crippen molar-refractivity contribution in [3.63, 3.8) is 0 Å². The summed E-state index contributed by atoms with van der Waals surface area (Å²) in [5, 5.41) is 25.3. The minimum Gasteiger partial charge on any atom is -0.507 e. The topological polar surface area (TPSA) is 150 Å². The monoisotopic (exact) mass is 663 g/mol. The van der Waals surface area contributed by atoms with Crippen molar-refractivity contribution in [3.05, 3.63) is 70.0 Å². The highest BCUT2D eigenvalue weighted by Gasteiger charge is 2.58. The summed E-state index contributed by atoms with van der Waals surface area (Å²) in [6, 6.07) is 0. The number of allylic oxidation sites excluding steroid dienone is 4. The van der Waals surface area contributed by atoms with Crippen molar-refractivity contribution in [2.24, 2.45) is 23.7 Å². The van der Waals surface area contributed by atoms with Crippen molar-refractivity contribution >= 4 is 17.5 Å². The maximum absolute atomic E-state index is 13.8. The standard InChI is InChI=1S/C37H45NO10/c1-16-13-14-24-44-34-27-25-23(39)15-22(30(42)26(25)29(41)20(5)33(27)48-37(34,9)45-24)38-35(43)18(3)12-10-11-17(2)31-21(6)32(19(4)28(16)40)47-36(7,8)46-31/h10-17,19,21,24,28,31-32,34,40-41H,1-9H3,(H,38,43)/b11-10+,14-13+,18-12-/t16?,17?,19?,21?,24?,28?,31?,32?,34-,37+/m1/s1. The van der Waals surface area contributed by atoms with Crippen LogP contribution in [0.4, 0.5) is 0 Å². The smallest absolute Gasteiger partial charge is 0.251 e. The van der Waals surface area contributed by atoms with Crippen molar-refractivity contribution in [3.8, 4) is 11.5 Å². The van der Waals surface area contributed by atoms with E-state index in [9.17, 15) is 24.6 Å². The van der Waals surface area contributed by atoms with Crippen LogP contribution in [0.25, 0.3) is 0 Å². The van der Waals surface area contributed by atoms with E-state index in [0.717, 1.165) is 6.08 Å². The predicted molar refractivity (Wildman–Crippen MR) is 174 cm³/mol. The lowest BCUT2D eigenvalue weighted by molar-refractivity contribution is -0.335. The number of aliphatic hydroxyl groups excluding tert-OH is 1. The number of phenols is 1. The number of amides is 1. The first-order valence-corrected chi connectivity index (χ1v) is 16.5. The molecule has 8 bridgehead atoms. The number of carbonyl (C=O) groups excluding carboxylic acids is 3. The molecule has 7 rings (SSSR count). The minimum atomic E-state index is -1.37. The SMILES string of the molecule is C/C1=C/C=C/C(C)C2OC(C)(C)OC(C(C)C(O)C(C)/C=C/C3O[C@@H]4c5c(c(C)c(O)c6c5C(=O)C=C(NC1=O)C6=O)O[C@]4(C)O3)C2C. The van der Waals surface area contributed by atoms with Crippen LogP contribution in [0.3, 0.4) is 0 Å². The molecule has 0 radical (unpaired) electrons. The van der Waals surface area contributed by atoms with Gasteiger partial charge in [0.2, 0.25) is 11.6 Å². The highest BCUT2D eigenvalue weighted by Crippen LogP contribution is 2.57. The van der Waals surface area contributed by atoms with Gasteiger partial charge in [-0.25, -0.2) is 0 Å². The predicted octanol–water partition coefficient (Wildman–Crippen LogP) is 5.10. The second-order valence-electron chi connectivity index (χ2n) is 14.4. The molecular formula is C37H45NO10. The highest BCUT2D eigenvalue weighted by atomic mass is 16.8. The van der Waals surface area contributed by atoms with E-state index in [1.165, 1.54) is 0 Å². The number of Topliss-reactive ketones (excluding diaryl/α,β-unsaturated/α-hetero) is 1. The molecule has 5 heterocycles.